The normalized spacial score (nSPS) is 18.5. The van der Waals surface area contributed by atoms with Gasteiger partial charge in [-0.1, -0.05) is 34.1 Å². The molecule has 0 spiro atoms. The van der Waals surface area contributed by atoms with Gasteiger partial charge in [0, 0.05) is 10.2 Å². The molecule has 0 aromatic heterocycles. The van der Waals surface area contributed by atoms with E-state index in [9.17, 15) is 18.0 Å². The number of halogens is 4. The summed E-state index contributed by atoms with van der Waals surface area (Å²) >= 11 is 4.78. The second-order valence-electron chi connectivity index (χ2n) is 5.03. The minimum absolute atomic E-state index is 0.195. The van der Waals surface area contributed by atoms with Crippen LogP contribution in [0.4, 0.5) is 18.9 Å². The van der Waals surface area contributed by atoms with E-state index < -0.39 is 11.7 Å². The zero-order valence-electron chi connectivity index (χ0n) is 11.7. The first-order valence-corrected chi connectivity index (χ1v) is 8.57. The predicted octanol–water partition coefficient (Wildman–Crippen LogP) is 5.25. The standard InChI is InChI=1S/C16H11BrF3NOS/c17-12-5-1-3-10(7-12)15-21(14(22)9-23-15)13-6-2-4-11(8-13)16(18,19)20/h1-8,15H,9H2/t15-/m1/s1. The number of carbonyl (C=O) groups excluding carboxylic acids is 1. The molecular formula is C16H11BrF3NOS. The maximum atomic E-state index is 12.9. The van der Waals surface area contributed by atoms with Crippen LogP contribution in [0, 0.1) is 0 Å². The summed E-state index contributed by atoms with van der Waals surface area (Å²) in [5.74, 6) is 0.0484. The number of alkyl halides is 3. The number of amides is 1. The fourth-order valence-electron chi connectivity index (χ4n) is 2.44. The molecule has 1 amide bonds. The van der Waals surface area contributed by atoms with E-state index in [4.69, 9.17) is 0 Å². The van der Waals surface area contributed by atoms with Crippen LogP contribution in [0.2, 0.25) is 0 Å². The predicted molar refractivity (Wildman–Crippen MR) is 88.3 cm³/mol. The summed E-state index contributed by atoms with van der Waals surface area (Å²) in [5, 5.41) is -0.330. The van der Waals surface area contributed by atoms with E-state index in [0.29, 0.717) is 0 Å². The molecule has 1 heterocycles. The van der Waals surface area contributed by atoms with Gasteiger partial charge in [0.25, 0.3) is 0 Å². The van der Waals surface area contributed by atoms with Crippen molar-refractivity contribution in [1.82, 2.24) is 0 Å². The van der Waals surface area contributed by atoms with Crippen LogP contribution in [-0.2, 0) is 11.0 Å². The molecule has 3 rings (SSSR count). The van der Waals surface area contributed by atoms with Gasteiger partial charge >= 0.3 is 6.18 Å². The first-order valence-electron chi connectivity index (χ1n) is 6.72. The second kappa shape index (κ2) is 6.20. The Hall–Kier alpha value is -1.47. The number of anilines is 1. The third-order valence-electron chi connectivity index (χ3n) is 3.45. The lowest BCUT2D eigenvalue weighted by atomic mass is 10.1. The van der Waals surface area contributed by atoms with Crippen LogP contribution in [0.5, 0.6) is 0 Å². The first-order chi connectivity index (χ1) is 10.9. The van der Waals surface area contributed by atoms with Crippen LogP contribution in [0.15, 0.2) is 53.0 Å². The van der Waals surface area contributed by atoms with Gasteiger partial charge in [-0.2, -0.15) is 13.2 Å². The van der Waals surface area contributed by atoms with Crippen molar-refractivity contribution in [2.24, 2.45) is 0 Å². The van der Waals surface area contributed by atoms with Crippen molar-refractivity contribution in [3.05, 3.63) is 64.1 Å². The van der Waals surface area contributed by atoms with E-state index in [2.05, 4.69) is 15.9 Å². The smallest absolute Gasteiger partial charge is 0.295 e. The Kier molecular flexibility index (Phi) is 4.42. The summed E-state index contributed by atoms with van der Waals surface area (Å²) in [6.07, 6.45) is -4.43. The minimum Gasteiger partial charge on any atom is -0.295 e. The summed E-state index contributed by atoms with van der Waals surface area (Å²) in [7, 11) is 0. The van der Waals surface area contributed by atoms with Gasteiger partial charge in [-0.25, -0.2) is 0 Å². The van der Waals surface area contributed by atoms with Gasteiger partial charge in [-0.3, -0.25) is 9.69 Å². The highest BCUT2D eigenvalue weighted by atomic mass is 79.9. The number of rotatable bonds is 2. The van der Waals surface area contributed by atoms with Crippen LogP contribution in [0.3, 0.4) is 0 Å². The molecule has 0 bridgehead atoms. The first kappa shape index (κ1) is 16.4. The van der Waals surface area contributed by atoms with Gasteiger partial charge in [0.1, 0.15) is 5.37 Å². The van der Waals surface area contributed by atoms with Gasteiger partial charge in [-0.15, -0.1) is 11.8 Å². The maximum Gasteiger partial charge on any atom is 0.416 e. The second-order valence-corrected chi connectivity index (χ2v) is 7.01. The lowest BCUT2D eigenvalue weighted by Gasteiger charge is -2.25. The number of benzene rings is 2. The summed E-state index contributed by atoms with van der Waals surface area (Å²) in [4.78, 5) is 13.6. The summed E-state index contributed by atoms with van der Waals surface area (Å²) in [5.41, 5.74) is 0.375. The molecule has 0 aliphatic carbocycles. The third-order valence-corrected chi connectivity index (χ3v) is 5.16. The van der Waals surface area contributed by atoms with Gasteiger partial charge < -0.3 is 0 Å². The summed E-state index contributed by atoms with van der Waals surface area (Å²) in [6.45, 7) is 0. The zero-order valence-corrected chi connectivity index (χ0v) is 14.1. The van der Waals surface area contributed by atoms with Crippen molar-refractivity contribution >= 4 is 39.3 Å². The molecule has 1 aliphatic heterocycles. The molecule has 2 aromatic rings. The average molecular weight is 402 g/mol. The Morgan fingerprint density at radius 1 is 1.13 bits per heavy atom. The van der Waals surface area contributed by atoms with Gasteiger partial charge in [0.05, 0.1) is 11.3 Å². The highest BCUT2D eigenvalue weighted by molar-refractivity contribution is 9.10. The van der Waals surface area contributed by atoms with Crippen molar-refractivity contribution < 1.29 is 18.0 Å². The molecule has 1 aliphatic rings. The maximum absolute atomic E-state index is 12.9. The molecule has 0 radical (unpaired) electrons. The number of thioether (sulfide) groups is 1. The van der Waals surface area contributed by atoms with Crippen molar-refractivity contribution in [1.29, 1.82) is 0 Å². The van der Waals surface area contributed by atoms with Gasteiger partial charge in [0.2, 0.25) is 5.91 Å². The van der Waals surface area contributed by atoms with Crippen molar-refractivity contribution in [3.63, 3.8) is 0 Å². The molecule has 2 nitrogen and oxygen atoms in total. The van der Waals surface area contributed by atoms with Crippen LogP contribution in [0.1, 0.15) is 16.5 Å². The van der Waals surface area contributed by atoms with E-state index in [1.807, 2.05) is 24.3 Å². The highest BCUT2D eigenvalue weighted by Crippen LogP contribution is 2.43. The van der Waals surface area contributed by atoms with Gasteiger partial charge in [-0.05, 0) is 35.9 Å². The topological polar surface area (TPSA) is 20.3 Å². The molecule has 0 N–H and O–H groups in total. The molecule has 23 heavy (non-hydrogen) atoms. The number of hydrogen-bond donors (Lipinski definition) is 0. The fraction of sp³-hybridized carbons (Fsp3) is 0.188. The van der Waals surface area contributed by atoms with E-state index in [0.717, 1.165) is 22.2 Å². The largest absolute Gasteiger partial charge is 0.416 e. The van der Waals surface area contributed by atoms with Crippen LogP contribution < -0.4 is 4.90 Å². The Bertz CT molecular complexity index is 750. The Morgan fingerprint density at radius 2 is 1.87 bits per heavy atom. The molecule has 0 unspecified atom stereocenters. The minimum atomic E-state index is -4.43. The van der Waals surface area contributed by atoms with E-state index in [1.165, 1.54) is 28.8 Å². The quantitative estimate of drug-likeness (QED) is 0.684. The summed E-state index contributed by atoms with van der Waals surface area (Å²) in [6, 6.07) is 12.3. The van der Waals surface area contributed by atoms with E-state index >= 15 is 0 Å². The molecule has 2 aromatic carbocycles. The number of hydrogen-bond acceptors (Lipinski definition) is 2. The van der Waals surface area contributed by atoms with Crippen molar-refractivity contribution in [2.45, 2.75) is 11.6 Å². The Morgan fingerprint density at radius 3 is 2.57 bits per heavy atom. The zero-order chi connectivity index (χ0) is 16.6. The number of carbonyl (C=O) groups is 1. The molecule has 7 heteroatoms. The molecule has 120 valence electrons. The lowest BCUT2D eigenvalue weighted by Crippen LogP contribution is -2.28. The molecule has 1 fully saturated rings. The van der Waals surface area contributed by atoms with Crippen LogP contribution >= 0.6 is 27.7 Å². The third kappa shape index (κ3) is 3.40. The van der Waals surface area contributed by atoms with Crippen molar-refractivity contribution in [3.8, 4) is 0 Å². The highest BCUT2D eigenvalue weighted by Gasteiger charge is 2.36. The lowest BCUT2D eigenvalue weighted by molar-refractivity contribution is -0.137. The van der Waals surface area contributed by atoms with Gasteiger partial charge in [0.15, 0.2) is 0 Å². The summed E-state index contributed by atoms with van der Waals surface area (Å²) < 4.78 is 39.6. The van der Waals surface area contributed by atoms with Crippen molar-refractivity contribution in [2.75, 3.05) is 10.7 Å². The van der Waals surface area contributed by atoms with E-state index in [-0.39, 0.29) is 22.7 Å². The van der Waals surface area contributed by atoms with Crippen LogP contribution in [-0.4, -0.2) is 11.7 Å². The Labute approximate surface area is 143 Å². The average Bonchev–Trinajstić information content (AvgIpc) is 2.88. The fourth-order valence-corrected chi connectivity index (χ4v) is 4.03. The Balaban J connectivity index is 2.01. The monoisotopic (exact) mass is 401 g/mol. The SMILES string of the molecule is O=C1CS[C@H](c2cccc(Br)c2)N1c1cccc(C(F)(F)F)c1. The van der Waals surface area contributed by atoms with E-state index in [1.54, 1.807) is 0 Å². The molecule has 0 saturated carbocycles. The number of nitrogens with zero attached hydrogens (tertiary/aromatic N) is 1. The molecule has 1 saturated heterocycles. The van der Waals surface area contributed by atoms with Crippen LogP contribution in [0.25, 0.3) is 0 Å². The molecule has 1 atom stereocenters. The molecular weight excluding hydrogens is 391 g/mol.